The number of thioether (sulfide) groups is 1. The van der Waals surface area contributed by atoms with Crippen molar-refractivity contribution in [2.75, 3.05) is 26.3 Å². The van der Waals surface area contributed by atoms with Crippen molar-refractivity contribution in [3.8, 4) is 11.5 Å². The van der Waals surface area contributed by atoms with Gasteiger partial charge in [-0.05, 0) is 65.2 Å². The van der Waals surface area contributed by atoms with Crippen molar-refractivity contribution in [2.24, 2.45) is 0 Å². The normalized spacial score (nSPS) is 16.2. The number of imide groups is 1. The zero-order valence-corrected chi connectivity index (χ0v) is 21.0. The van der Waals surface area contributed by atoms with Crippen LogP contribution in [0.2, 0.25) is 0 Å². The second-order valence-electron chi connectivity index (χ2n) is 8.68. The van der Waals surface area contributed by atoms with E-state index in [1.165, 1.54) is 5.56 Å². The maximum atomic E-state index is 12.9. The summed E-state index contributed by atoms with van der Waals surface area (Å²) >= 11 is 0.853. The highest BCUT2D eigenvalue weighted by atomic mass is 32.2. The smallest absolute Gasteiger partial charge is 0.294 e. The number of ether oxygens (including phenoxy) is 2. The molecule has 0 aliphatic carbocycles. The number of carbonyl (C=O) groups is 3. The van der Waals surface area contributed by atoms with Crippen molar-refractivity contribution in [1.29, 1.82) is 0 Å². The molecular formula is C29H26N2O5S. The first-order valence-electron chi connectivity index (χ1n) is 12.1. The molecule has 3 aromatic carbocycles. The van der Waals surface area contributed by atoms with Gasteiger partial charge in [0.25, 0.3) is 11.1 Å². The number of hydrogen-bond acceptors (Lipinski definition) is 6. The molecule has 0 N–H and O–H groups in total. The molecule has 0 saturated carbocycles. The van der Waals surface area contributed by atoms with Crippen LogP contribution in [-0.2, 0) is 22.6 Å². The fraction of sp³-hybridized carbons (Fsp3) is 0.207. The van der Waals surface area contributed by atoms with Crippen LogP contribution in [0.15, 0.2) is 83.8 Å². The molecule has 7 nitrogen and oxygen atoms in total. The van der Waals surface area contributed by atoms with Gasteiger partial charge in [-0.3, -0.25) is 19.3 Å². The van der Waals surface area contributed by atoms with Crippen LogP contribution in [-0.4, -0.2) is 53.2 Å². The van der Waals surface area contributed by atoms with Crippen LogP contribution in [0.25, 0.3) is 6.08 Å². The van der Waals surface area contributed by atoms with Crippen molar-refractivity contribution in [1.82, 2.24) is 9.80 Å². The molecule has 1 fully saturated rings. The monoisotopic (exact) mass is 514 g/mol. The molecule has 188 valence electrons. The molecule has 3 aromatic rings. The third-order valence-corrected chi connectivity index (χ3v) is 7.10. The molecule has 2 heterocycles. The molecule has 1 saturated heterocycles. The van der Waals surface area contributed by atoms with Crippen LogP contribution in [0.3, 0.4) is 0 Å². The SMILES string of the molecule is O=C(CN1C(=O)S/C(=C/c2ccc(OCCOc3ccccc3)cc2)C1=O)N1CCc2ccccc2C1. The number of nitrogens with zero attached hydrogens (tertiary/aromatic N) is 2. The third kappa shape index (κ3) is 6.03. The summed E-state index contributed by atoms with van der Waals surface area (Å²) in [6.07, 6.45) is 2.43. The first kappa shape index (κ1) is 24.6. The Balaban J connectivity index is 1.14. The summed E-state index contributed by atoms with van der Waals surface area (Å²) in [5, 5.41) is -0.430. The molecule has 37 heavy (non-hydrogen) atoms. The number of para-hydroxylation sites is 1. The first-order valence-corrected chi connectivity index (χ1v) is 12.9. The minimum Gasteiger partial charge on any atom is -0.490 e. The Morgan fingerprint density at radius 3 is 2.22 bits per heavy atom. The quantitative estimate of drug-likeness (QED) is 0.319. The second kappa shape index (κ2) is 11.3. The van der Waals surface area contributed by atoms with E-state index in [9.17, 15) is 14.4 Å². The predicted molar refractivity (Wildman–Crippen MR) is 142 cm³/mol. The highest BCUT2D eigenvalue weighted by Gasteiger charge is 2.37. The van der Waals surface area contributed by atoms with Gasteiger partial charge in [0.15, 0.2) is 0 Å². The molecule has 0 spiro atoms. The summed E-state index contributed by atoms with van der Waals surface area (Å²) in [6, 6.07) is 24.8. The maximum absolute atomic E-state index is 12.9. The Morgan fingerprint density at radius 1 is 0.838 bits per heavy atom. The maximum Gasteiger partial charge on any atom is 0.294 e. The number of hydrogen-bond donors (Lipinski definition) is 0. The lowest BCUT2D eigenvalue weighted by molar-refractivity contribution is -0.136. The molecule has 0 radical (unpaired) electrons. The molecule has 2 aliphatic rings. The fourth-order valence-corrected chi connectivity index (χ4v) is 5.07. The molecule has 5 rings (SSSR count). The number of carbonyl (C=O) groups excluding carboxylic acids is 3. The van der Waals surface area contributed by atoms with Gasteiger partial charge in [-0.2, -0.15) is 0 Å². The summed E-state index contributed by atoms with van der Waals surface area (Å²) in [6.45, 7) is 1.63. The Labute approximate surface area is 219 Å². The fourth-order valence-electron chi connectivity index (χ4n) is 4.23. The van der Waals surface area contributed by atoms with E-state index in [1.54, 1.807) is 23.1 Å². The summed E-state index contributed by atoms with van der Waals surface area (Å²) in [5.41, 5.74) is 3.10. The van der Waals surface area contributed by atoms with Crippen molar-refractivity contribution in [3.63, 3.8) is 0 Å². The molecule has 8 heteroatoms. The van der Waals surface area contributed by atoms with E-state index in [4.69, 9.17) is 9.47 Å². The third-order valence-electron chi connectivity index (χ3n) is 6.19. The second-order valence-corrected chi connectivity index (χ2v) is 9.67. The van der Waals surface area contributed by atoms with Gasteiger partial charge in [0.05, 0.1) is 4.91 Å². The highest BCUT2D eigenvalue weighted by molar-refractivity contribution is 8.18. The first-order chi connectivity index (χ1) is 18.1. The van der Waals surface area contributed by atoms with Gasteiger partial charge in [0.2, 0.25) is 5.91 Å². The minimum atomic E-state index is -0.445. The average molecular weight is 515 g/mol. The Bertz CT molecular complexity index is 1320. The van der Waals surface area contributed by atoms with Crippen LogP contribution in [0.5, 0.6) is 11.5 Å². The van der Waals surface area contributed by atoms with Crippen LogP contribution in [0, 0.1) is 0 Å². The standard InChI is InChI=1S/C29H26N2O5S/c32-27(30-15-14-22-6-4-5-7-23(22)19-30)20-31-28(33)26(37-29(31)34)18-21-10-12-25(13-11-21)36-17-16-35-24-8-2-1-3-9-24/h1-13,18H,14-17,19-20H2/b26-18+. The molecule has 2 aliphatic heterocycles. The van der Waals surface area contributed by atoms with Crippen molar-refractivity contribution in [2.45, 2.75) is 13.0 Å². The van der Waals surface area contributed by atoms with Crippen LogP contribution in [0.1, 0.15) is 16.7 Å². The van der Waals surface area contributed by atoms with Crippen molar-refractivity contribution < 1.29 is 23.9 Å². The molecule has 3 amide bonds. The topological polar surface area (TPSA) is 76.1 Å². The van der Waals surface area contributed by atoms with Crippen LogP contribution < -0.4 is 9.47 Å². The van der Waals surface area contributed by atoms with E-state index >= 15 is 0 Å². The predicted octanol–water partition coefficient (Wildman–Crippen LogP) is 4.77. The summed E-state index contributed by atoms with van der Waals surface area (Å²) in [4.78, 5) is 41.3. The van der Waals surface area contributed by atoms with Gasteiger partial charge >= 0.3 is 0 Å². The lowest BCUT2D eigenvalue weighted by atomic mass is 10.00. The largest absolute Gasteiger partial charge is 0.490 e. The minimum absolute atomic E-state index is 0.226. The van der Waals surface area contributed by atoms with Gasteiger partial charge in [-0.1, -0.05) is 54.6 Å². The summed E-state index contributed by atoms with van der Waals surface area (Å²) in [7, 11) is 0. The molecule has 0 atom stereocenters. The van der Waals surface area contributed by atoms with Gasteiger partial charge in [-0.15, -0.1) is 0 Å². The Kier molecular flexibility index (Phi) is 7.56. The molecule has 0 bridgehead atoms. The molecule has 0 unspecified atom stereocenters. The molecular weight excluding hydrogens is 488 g/mol. The zero-order valence-electron chi connectivity index (χ0n) is 20.2. The van der Waals surface area contributed by atoms with Crippen molar-refractivity contribution >= 4 is 34.9 Å². The van der Waals surface area contributed by atoms with Crippen molar-refractivity contribution in [3.05, 3.63) is 100 Å². The van der Waals surface area contributed by atoms with Gasteiger partial charge in [0.1, 0.15) is 31.3 Å². The Morgan fingerprint density at radius 2 is 1.49 bits per heavy atom. The van der Waals surface area contributed by atoms with Gasteiger partial charge in [-0.25, -0.2) is 0 Å². The highest BCUT2D eigenvalue weighted by Crippen LogP contribution is 2.32. The van der Waals surface area contributed by atoms with E-state index in [2.05, 4.69) is 6.07 Å². The van der Waals surface area contributed by atoms with E-state index in [1.807, 2.05) is 60.7 Å². The van der Waals surface area contributed by atoms with Gasteiger partial charge in [0, 0.05) is 13.1 Å². The zero-order chi connectivity index (χ0) is 25.6. The summed E-state index contributed by atoms with van der Waals surface area (Å²) in [5.74, 6) is 0.795. The van der Waals surface area contributed by atoms with E-state index < -0.39 is 11.1 Å². The van der Waals surface area contributed by atoms with E-state index in [0.717, 1.165) is 40.0 Å². The Hall–Kier alpha value is -4.04. The molecule has 0 aromatic heterocycles. The number of benzene rings is 3. The summed E-state index contributed by atoms with van der Waals surface area (Å²) < 4.78 is 11.3. The van der Waals surface area contributed by atoms with Crippen LogP contribution in [0.4, 0.5) is 4.79 Å². The number of fused-ring (bicyclic) bond motifs is 1. The number of amides is 3. The lowest BCUT2D eigenvalue weighted by Crippen LogP contribution is -2.44. The van der Waals surface area contributed by atoms with Gasteiger partial charge < -0.3 is 14.4 Å². The lowest BCUT2D eigenvalue weighted by Gasteiger charge is -2.29. The van der Waals surface area contributed by atoms with Crippen LogP contribution >= 0.6 is 11.8 Å². The van der Waals surface area contributed by atoms with E-state index in [-0.39, 0.29) is 12.5 Å². The average Bonchev–Trinajstić information content (AvgIpc) is 3.19. The van der Waals surface area contributed by atoms with E-state index in [0.29, 0.717) is 37.0 Å². The number of rotatable bonds is 8.